The molecule has 0 saturated heterocycles. The number of halogens is 3. The molecule has 208 valence electrons. The topological polar surface area (TPSA) is 86.8 Å². The second-order valence-corrected chi connectivity index (χ2v) is 13.0. The Labute approximate surface area is 248 Å². The Morgan fingerprint density at radius 3 is 2.18 bits per heavy atom. The highest BCUT2D eigenvalue weighted by Crippen LogP contribution is 2.27. The summed E-state index contributed by atoms with van der Waals surface area (Å²) in [5.41, 5.74) is 0.871. The summed E-state index contributed by atoms with van der Waals surface area (Å²) in [6.07, 6.45) is 0. The zero-order valence-electron chi connectivity index (χ0n) is 21.8. The molecule has 1 N–H and O–H groups in total. The second-order valence-electron chi connectivity index (χ2n) is 9.37. The molecule has 0 spiro atoms. The van der Waals surface area contributed by atoms with Gasteiger partial charge < -0.3 is 10.2 Å². The monoisotopic (exact) mass is 653 g/mol. The zero-order valence-corrected chi connectivity index (χ0v) is 25.7. The molecule has 0 aliphatic carbocycles. The van der Waals surface area contributed by atoms with Crippen LogP contribution in [-0.2, 0) is 26.2 Å². The number of nitrogens with one attached hydrogen (secondary N) is 1. The van der Waals surface area contributed by atoms with Gasteiger partial charge in [0.1, 0.15) is 12.6 Å². The number of rotatable bonds is 11. The van der Waals surface area contributed by atoms with Crippen LogP contribution < -0.4 is 9.62 Å². The summed E-state index contributed by atoms with van der Waals surface area (Å²) in [4.78, 5) is 28.3. The van der Waals surface area contributed by atoms with Crippen LogP contribution in [0.5, 0.6) is 0 Å². The first-order valence-corrected chi connectivity index (χ1v) is 15.2. The fourth-order valence-corrected chi connectivity index (χ4v) is 5.89. The number of carbonyl (C=O) groups is 2. The van der Waals surface area contributed by atoms with E-state index in [0.29, 0.717) is 27.8 Å². The minimum absolute atomic E-state index is 0.0232. The van der Waals surface area contributed by atoms with E-state index in [1.165, 1.54) is 17.0 Å². The molecule has 0 fully saturated rings. The molecule has 3 rings (SSSR count). The van der Waals surface area contributed by atoms with Crippen molar-refractivity contribution in [3.8, 4) is 0 Å². The lowest BCUT2D eigenvalue weighted by molar-refractivity contribution is -0.139. The van der Waals surface area contributed by atoms with E-state index in [2.05, 4.69) is 21.2 Å². The Kier molecular flexibility index (Phi) is 10.8. The van der Waals surface area contributed by atoms with E-state index >= 15 is 0 Å². The van der Waals surface area contributed by atoms with Crippen molar-refractivity contribution < 1.29 is 18.0 Å². The summed E-state index contributed by atoms with van der Waals surface area (Å²) >= 11 is 15.8. The maximum Gasteiger partial charge on any atom is 0.264 e. The van der Waals surface area contributed by atoms with Gasteiger partial charge in [0.25, 0.3) is 10.0 Å². The Hall–Kier alpha value is -2.59. The number of hydrogen-bond acceptors (Lipinski definition) is 4. The van der Waals surface area contributed by atoms with Crippen molar-refractivity contribution in [2.75, 3.05) is 17.4 Å². The Morgan fingerprint density at radius 1 is 0.949 bits per heavy atom. The lowest BCUT2D eigenvalue weighted by Crippen LogP contribution is -2.51. The lowest BCUT2D eigenvalue weighted by Gasteiger charge is -2.32. The van der Waals surface area contributed by atoms with Crippen molar-refractivity contribution in [2.24, 2.45) is 5.92 Å². The molecule has 0 aromatic heterocycles. The third kappa shape index (κ3) is 8.20. The standard InChI is InChI=1S/C28H30BrCl2N3O4S/c1-19(2)16-32-28(36)20(3)33(17-21-9-12-23(30)15-26(21)31)27(35)18-34(24-13-10-22(29)11-14-24)39(37,38)25-7-5-4-6-8-25/h4-15,19-20H,16-18H2,1-3H3,(H,32,36)/t20-/m1/s1. The molecule has 0 aliphatic rings. The van der Waals surface area contributed by atoms with Crippen LogP contribution in [0.25, 0.3) is 0 Å². The largest absolute Gasteiger partial charge is 0.354 e. The predicted molar refractivity (Wildman–Crippen MR) is 159 cm³/mol. The van der Waals surface area contributed by atoms with Crippen molar-refractivity contribution >= 4 is 66.7 Å². The lowest BCUT2D eigenvalue weighted by atomic mass is 10.1. The average Bonchev–Trinajstić information content (AvgIpc) is 2.90. The van der Waals surface area contributed by atoms with Crippen molar-refractivity contribution in [3.05, 3.63) is 92.9 Å². The van der Waals surface area contributed by atoms with Gasteiger partial charge in [-0.1, -0.05) is 77.2 Å². The van der Waals surface area contributed by atoms with E-state index in [1.807, 2.05) is 13.8 Å². The van der Waals surface area contributed by atoms with Gasteiger partial charge >= 0.3 is 0 Å². The Morgan fingerprint density at radius 2 is 1.59 bits per heavy atom. The summed E-state index contributed by atoms with van der Waals surface area (Å²) in [6.45, 7) is 5.40. The smallest absolute Gasteiger partial charge is 0.264 e. The minimum Gasteiger partial charge on any atom is -0.354 e. The van der Waals surface area contributed by atoms with Gasteiger partial charge in [0.15, 0.2) is 0 Å². The van der Waals surface area contributed by atoms with Crippen LogP contribution in [0.3, 0.4) is 0 Å². The summed E-state index contributed by atoms with van der Waals surface area (Å²) in [5.74, 6) is -0.723. The number of sulfonamides is 1. The zero-order chi connectivity index (χ0) is 28.7. The van der Waals surface area contributed by atoms with E-state index in [0.717, 1.165) is 8.78 Å². The van der Waals surface area contributed by atoms with Gasteiger partial charge in [0, 0.05) is 27.6 Å². The Bertz CT molecular complexity index is 1400. The maximum absolute atomic E-state index is 13.9. The molecule has 1 atom stereocenters. The number of benzene rings is 3. The molecule has 39 heavy (non-hydrogen) atoms. The van der Waals surface area contributed by atoms with Crippen molar-refractivity contribution in [1.29, 1.82) is 0 Å². The maximum atomic E-state index is 13.9. The minimum atomic E-state index is -4.12. The highest BCUT2D eigenvalue weighted by atomic mass is 79.9. The molecule has 0 heterocycles. The van der Waals surface area contributed by atoms with Gasteiger partial charge in [-0.2, -0.15) is 0 Å². The predicted octanol–water partition coefficient (Wildman–Crippen LogP) is 6.14. The highest BCUT2D eigenvalue weighted by molar-refractivity contribution is 9.10. The fourth-order valence-electron chi connectivity index (χ4n) is 3.72. The van der Waals surface area contributed by atoms with Gasteiger partial charge in [0.05, 0.1) is 10.6 Å². The van der Waals surface area contributed by atoms with Gasteiger partial charge in [-0.05, 0) is 66.9 Å². The van der Waals surface area contributed by atoms with Gasteiger partial charge in [0.2, 0.25) is 11.8 Å². The normalized spacial score (nSPS) is 12.2. The molecule has 2 amide bonds. The van der Waals surface area contributed by atoms with E-state index in [-0.39, 0.29) is 23.3 Å². The molecule has 0 unspecified atom stereocenters. The number of amides is 2. The van der Waals surface area contributed by atoms with Crippen LogP contribution >= 0.6 is 39.1 Å². The van der Waals surface area contributed by atoms with E-state index in [1.54, 1.807) is 67.6 Å². The summed E-state index contributed by atoms with van der Waals surface area (Å²) in [7, 11) is -4.12. The fraction of sp³-hybridized carbons (Fsp3) is 0.286. The number of carbonyl (C=O) groups excluding carboxylic acids is 2. The molecule has 3 aromatic carbocycles. The third-order valence-corrected chi connectivity index (χ3v) is 8.84. The first kappa shape index (κ1) is 30.9. The van der Waals surface area contributed by atoms with Gasteiger partial charge in [-0.25, -0.2) is 8.42 Å². The molecule has 0 bridgehead atoms. The van der Waals surface area contributed by atoms with Crippen molar-refractivity contribution in [2.45, 2.75) is 38.3 Å². The Balaban J connectivity index is 2.01. The molecule has 7 nitrogen and oxygen atoms in total. The van der Waals surface area contributed by atoms with E-state index in [4.69, 9.17) is 23.2 Å². The molecule has 0 aliphatic heterocycles. The van der Waals surface area contributed by atoms with Crippen LogP contribution in [0.1, 0.15) is 26.3 Å². The third-order valence-electron chi connectivity index (χ3n) is 5.93. The number of hydrogen-bond donors (Lipinski definition) is 1. The molecular weight excluding hydrogens is 625 g/mol. The van der Waals surface area contributed by atoms with Crippen LogP contribution in [0.4, 0.5) is 5.69 Å². The SMILES string of the molecule is CC(C)CNC(=O)[C@@H](C)N(Cc1ccc(Cl)cc1Cl)C(=O)CN(c1ccc(Br)cc1)S(=O)(=O)c1ccccc1. The first-order valence-electron chi connectivity index (χ1n) is 12.2. The first-order chi connectivity index (χ1) is 18.4. The van der Waals surface area contributed by atoms with Gasteiger partial charge in [-0.3, -0.25) is 13.9 Å². The quantitative estimate of drug-likeness (QED) is 0.269. The van der Waals surface area contributed by atoms with E-state index in [9.17, 15) is 18.0 Å². The molecular formula is C28H30BrCl2N3O4S. The highest BCUT2D eigenvalue weighted by Gasteiger charge is 2.32. The number of nitrogens with zero attached hydrogens (tertiary/aromatic N) is 2. The van der Waals surface area contributed by atoms with Crippen LogP contribution in [0.15, 0.2) is 82.2 Å². The van der Waals surface area contributed by atoms with Crippen LogP contribution in [0, 0.1) is 5.92 Å². The molecule has 0 radical (unpaired) electrons. The van der Waals surface area contributed by atoms with Crippen LogP contribution in [0.2, 0.25) is 10.0 Å². The van der Waals surface area contributed by atoms with E-state index < -0.39 is 28.5 Å². The van der Waals surface area contributed by atoms with Crippen molar-refractivity contribution in [3.63, 3.8) is 0 Å². The van der Waals surface area contributed by atoms with Crippen LogP contribution in [-0.4, -0.2) is 44.3 Å². The van der Waals surface area contributed by atoms with Gasteiger partial charge in [-0.15, -0.1) is 0 Å². The second kappa shape index (κ2) is 13.7. The summed E-state index contributed by atoms with van der Waals surface area (Å²) in [6, 6.07) is 18.5. The van der Waals surface area contributed by atoms with Crippen molar-refractivity contribution in [1.82, 2.24) is 10.2 Å². The summed E-state index contributed by atoms with van der Waals surface area (Å²) in [5, 5.41) is 3.61. The average molecular weight is 655 g/mol. The molecule has 3 aromatic rings. The summed E-state index contributed by atoms with van der Waals surface area (Å²) < 4.78 is 29.3. The molecule has 11 heteroatoms. The number of anilines is 1. The molecule has 0 saturated carbocycles.